The van der Waals surface area contributed by atoms with Crippen LogP contribution in [0.2, 0.25) is 0 Å². The third-order valence-electron chi connectivity index (χ3n) is 1.36. The first-order chi connectivity index (χ1) is 4.55. The van der Waals surface area contributed by atoms with Crippen molar-refractivity contribution in [1.29, 1.82) is 0 Å². The molecule has 0 unspecified atom stereocenters. The predicted molar refractivity (Wildman–Crippen MR) is 45.1 cm³/mol. The average molecular weight is 160 g/mol. The van der Waals surface area contributed by atoms with Gasteiger partial charge >= 0.3 is 5.17 Å². The fourth-order valence-electron chi connectivity index (χ4n) is 1.04. The van der Waals surface area contributed by atoms with Crippen LogP contribution in [-0.4, -0.2) is 28.8 Å². The number of amidine groups is 1. The van der Waals surface area contributed by atoms with Crippen molar-refractivity contribution in [1.82, 2.24) is 10.7 Å². The van der Waals surface area contributed by atoms with E-state index in [4.69, 9.17) is 0 Å². The van der Waals surface area contributed by atoms with Crippen LogP contribution in [0.5, 0.6) is 0 Å². The molecule has 0 fully saturated rings. The first-order valence-electron chi connectivity index (χ1n) is 3.26. The molecule has 0 aliphatic carbocycles. The number of hydrogen-bond donors (Lipinski definition) is 2. The van der Waals surface area contributed by atoms with Gasteiger partial charge in [0.2, 0.25) is 0 Å². The minimum atomic E-state index is 0.00704. The van der Waals surface area contributed by atoms with Crippen molar-refractivity contribution in [3.05, 3.63) is 0 Å². The summed E-state index contributed by atoms with van der Waals surface area (Å²) in [4.78, 5) is 0. The van der Waals surface area contributed by atoms with Crippen LogP contribution < -0.4 is 10.7 Å². The SMILES string of the molecule is CSC1=[N+](C)NC(C)(C)N1. The Morgan fingerprint density at radius 1 is 1.50 bits per heavy atom. The van der Waals surface area contributed by atoms with Gasteiger partial charge in [0.1, 0.15) is 7.05 Å². The zero-order chi connectivity index (χ0) is 7.78. The summed E-state index contributed by atoms with van der Waals surface area (Å²) in [5, 5.41) is 4.50. The Balaban J connectivity index is 2.68. The average Bonchev–Trinajstić information content (AvgIpc) is 2.05. The predicted octanol–water partition coefficient (Wildman–Crippen LogP) is 0.192. The lowest BCUT2D eigenvalue weighted by Gasteiger charge is -2.11. The van der Waals surface area contributed by atoms with Gasteiger partial charge in [-0.25, -0.2) is 10.7 Å². The summed E-state index contributed by atoms with van der Waals surface area (Å²) >= 11 is 1.71. The van der Waals surface area contributed by atoms with Crippen molar-refractivity contribution in [2.45, 2.75) is 19.5 Å². The molecule has 0 amide bonds. The van der Waals surface area contributed by atoms with Crippen LogP contribution in [0.15, 0.2) is 0 Å². The van der Waals surface area contributed by atoms with Crippen LogP contribution in [0, 0.1) is 0 Å². The lowest BCUT2D eigenvalue weighted by atomic mass is 10.3. The Morgan fingerprint density at radius 3 is 2.30 bits per heavy atom. The van der Waals surface area contributed by atoms with Gasteiger partial charge in [-0.3, -0.25) is 0 Å². The number of nitrogens with zero attached hydrogens (tertiary/aromatic N) is 1. The number of hydrazine groups is 1. The monoisotopic (exact) mass is 160 g/mol. The smallest absolute Gasteiger partial charge is 0.241 e. The van der Waals surface area contributed by atoms with Crippen LogP contribution in [0.4, 0.5) is 0 Å². The van der Waals surface area contributed by atoms with Gasteiger partial charge in [-0.2, -0.15) is 4.68 Å². The maximum atomic E-state index is 3.32. The summed E-state index contributed by atoms with van der Waals surface area (Å²) < 4.78 is 2.00. The minimum absolute atomic E-state index is 0.00704. The Hall–Kier alpha value is -0.380. The second kappa shape index (κ2) is 2.34. The van der Waals surface area contributed by atoms with Crippen molar-refractivity contribution in [3.63, 3.8) is 0 Å². The van der Waals surface area contributed by atoms with Gasteiger partial charge in [0.15, 0.2) is 5.66 Å². The van der Waals surface area contributed by atoms with Crippen molar-refractivity contribution in [2.75, 3.05) is 13.3 Å². The van der Waals surface area contributed by atoms with Gasteiger partial charge in [-0.1, -0.05) is 0 Å². The summed E-state index contributed by atoms with van der Waals surface area (Å²) in [6, 6.07) is 0. The molecule has 4 heteroatoms. The van der Waals surface area contributed by atoms with Crippen molar-refractivity contribution < 1.29 is 4.68 Å². The molecular weight excluding hydrogens is 146 g/mol. The number of thioether (sulfide) groups is 1. The highest BCUT2D eigenvalue weighted by Crippen LogP contribution is 2.07. The van der Waals surface area contributed by atoms with Crippen molar-refractivity contribution in [3.8, 4) is 0 Å². The lowest BCUT2D eigenvalue weighted by molar-refractivity contribution is -0.559. The van der Waals surface area contributed by atoms with E-state index in [1.807, 2.05) is 11.7 Å². The lowest BCUT2D eigenvalue weighted by Crippen LogP contribution is -2.46. The standard InChI is InChI=1S/C6H13N3S/c1-6(2)7-5(10-4)9(3)8-6/h8H,1-4H3/p+1. The number of hydrazone groups is 1. The highest BCUT2D eigenvalue weighted by atomic mass is 32.2. The molecule has 0 aromatic heterocycles. The Morgan fingerprint density at radius 2 is 2.10 bits per heavy atom. The number of hydrogen-bond acceptors (Lipinski definition) is 3. The van der Waals surface area contributed by atoms with E-state index in [2.05, 4.69) is 30.8 Å². The molecule has 1 aliphatic heterocycles. The summed E-state index contributed by atoms with van der Waals surface area (Å²) in [5.41, 5.74) is 3.27. The Kier molecular flexibility index (Phi) is 1.81. The van der Waals surface area contributed by atoms with E-state index in [0.29, 0.717) is 0 Å². The van der Waals surface area contributed by atoms with Gasteiger partial charge in [0.25, 0.3) is 0 Å². The normalized spacial score (nSPS) is 22.4. The topological polar surface area (TPSA) is 27.1 Å². The Bertz CT molecular complexity index is 174. The number of nitrogens with one attached hydrogen (secondary N) is 2. The first-order valence-corrected chi connectivity index (χ1v) is 4.48. The van der Waals surface area contributed by atoms with E-state index in [0.717, 1.165) is 0 Å². The summed E-state index contributed by atoms with van der Waals surface area (Å²) in [7, 11) is 2.01. The van der Waals surface area contributed by atoms with E-state index in [-0.39, 0.29) is 5.66 Å². The van der Waals surface area contributed by atoms with Crippen LogP contribution >= 0.6 is 11.8 Å². The second-order valence-electron chi connectivity index (χ2n) is 2.93. The molecule has 0 bridgehead atoms. The fraction of sp³-hybridized carbons (Fsp3) is 0.833. The van der Waals surface area contributed by atoms with Gasteiger partial charge in [-0.05, 0) is 18.0 Å². The third kappa shape index (κ3) is 1.37. The molecule has 0 saturated heterocycles. The molecule has 0 atom stereocenters. The molecular formula is C6H14N3S+. The minimum Gasteiger partial charge on any atom is -0.241 e. The molecule has 1 aliphatic rings. The molecule has 1 rings (SSSR count). The number of rotatable bonds is 0. The third-order valence-corrected chi connectivity index (χ3v) is 2.13. The summed E-state index contributed by atoms with van der Waals surface area (Å²) in [6.07, 6.45) is 2.06. The molecule has 58 valence electrons. The van der Waals surface area contributed by atoms with Crippen molar-refractivity contribution >= 4 is 16.9 Å². The molecule has 0 radical (unpaired) electrons. The van der Waals surface area contributed by atoms with E-state index >= 15 is 0 Å². The van der Waals surface area contributed by atoms with E-state index in [9.17, 15) is 0 Å². The van der Waals surface area contributed by atoms with E-state index in [1.165, 1.54) is 5.17 Å². The molecule has 2 N–H and O–H groups in total. The van der Waals surface area contributed by atoms with Crippen LogP contribution in [0.25, 0.3) is 0 Å². The summed E-state index contributed by atoms with van der Waals surface area (Å²) in [5.74, 6) is 0. The van der Waals surface area contributed by atoms with Crippen LogP contribution in [0.1, 0.15) is 13.8 Å². The van der Waals surface area contributed by atoms with Gasteiger partial charge in [0.05, 0.1) is 0 Å². The van der Waals surface area contributed by atoms with Gasteiger partial charge in [-0.15, -0.1) is 0 Å². The molecule has 1 heterocycles. The van der Waals surface area contributed by atoms with E-state index < -0.39 is 0 Å². The first kappa shape index (κ1) is 7.72. The van der Waals surface area contributed by atoms with E-state index in [1.54, 1.807) is 11.8 Å². The fourth-order valence-corrected chi connectivity index (χ4v) is 1.71. The molecule has 3 nitrogen and oxygen atoms in total. The molecule has 10 heavy (non-hydrogen) atoms. The highest BCUT2D eigenvalue weighted by molar-refractivity contribution is 8.13. The zero-order valence-electron chi connectivity index (χ0n) is 6.86. The highest BCUT2D eigenvalue weighted by Gasteiger charge is 2.33. The zero-order valence-corrected chi connectivity index (χ0v) is 7.67. The van der Waals surface area contributed by atoms with Crippen LogP contribution in [-0.2, 0) is 0 Å². The maximum absolute atomic E-state index is 3.32. The maximum Gasteiger partial charge on any atom is 0.330 e. The molecule has 0 aromatic rings. The van der Waals surface area contributed by atoms with Gasteiger partial charge in [0, 0.05) is 13.8 Å². The second-order valence-corrected chi connectivity index (χ2v) is 3.73. The Labute approximate surface area is 65.9 Å². The van der Waals surface area contributed by atoms with Crippen LogP contribution in [0.3, 0.4) is 0 Å². The van der Waals surface area contributed by atoms with Crippen molar-refractivity contribution in [2.24, 2.45) is 0 Å². The van der Waals surface area contributed by atoms with Gasteiger partial charge < -0.3 is 0 Å². The summed E-state index contributed by atoms with van der Waals surface area (Å²) in [6.45, 7) is 4.21. The quantitative estimate of drug-likeness (QED) is 0.495. The molecule has 0 spiro atoms. The molecule has 0 aromatic carbocycles. The molecule has 0 saturated carbocycles. The largest absolute Gasteiger partial charge is 0.330 e.